The van der Waals surface area contributed by atoms with Crippen molar-refractivity contribution < 1.29 is 13.0 Å². The Morgan fingerprint density at radius 2 is 1.80 bits per heavy atom. The third kappa shape index (κ3) is 2.95. The Balaban J connectivity index is 2.11. The Bertz CT molecular complexity index is 1510. The van der Waals surface area contributed by atoms with Gasteiger partial charge in [0.25, 0.3) is 11.2 Å². The van der Waals surface area contributed by atoms with E-state index >= 15 is 0 Å². The molecule has 8 heteroatoms. The van der Waals surface area contributed by atoms with E-state index in [4.69, 9.17) is 5.73 Å². The summed E-state index contributed by atoms with van der Waals surface area (Å²) in [7, 11) is -3.93. The maximum Gasteiger partial charge on any atom is 0.278 e. The minimum Gasteiger partial charge on any atom is -0.317 e. The fourth-order valence-corrected chi connectivity index (χ4v) is 5.07. The lowest BCUT2D eigenvalue weighted by molar-refractivity contribution is -0.656. The van der Waals surface area contributed by atoms with E-state index in [1.807, 2.05) is 33.8 Å². The van der Waals surface area contributed by atoms with Crippen molar-refractivity contribution in [2.45, 2.75) is 44.0 Å². The molecule has 0 unspecified atom stereocenters. The molecule has 0 bridgehead atoms. The second-order valence-corrected chi connectivity index (χ2v) is 9.39. The Morgan fingerprint density at radius 1 is 1.07 bits per heavy atom. The number of aryl methyl sites for hydroxylation is 4. The third-order valence-electron chi connectivity index (χ3n) is 5.45. The molecule has 30 heavy (non-hydrogen) atoms. The van der Waals surface area contributed by atoms with E-state index in [0.29, 0.717) is 17.8 Å². The van der Waals surface area contributed by atoms with Crippen LogP contribution in [0.15, 0.2) is 57.2 Å². The van der Waals surface area contributed by atoms with Gasteiger partial charge in [-0.15, -0.1) is 0 Å². The molecule has 154 valence electrons. The first-order valence-electron chi connectivity index (χ1n) is 9.62. The molecule has 3 heterocycles. The van der Waals surface area contributed by atoms with E-state index in [-0.39, 0.29) is 26.6 Å². The first-order valence-corrected chi connectivity index (χ1v) is 11.1. The van der Waals surface area contributed by atoms with Gasteiger partial charge in [0.2, 0.25) is 21.3 Å². The van der Waals surface area contributed by atoms with Crippen LogP contribution in [-0.4, -0.2) is 17.8 Å². The second kappa shape index (κ2) is 6.91. The van der Waals surface area contributed by atoms with Crippen molar-refractivity contribution in [1.82, 2.24) is 9.38 Å². The Labute approximate surface area is 174 Å². The third-order valence-corrected chi connectivity index (χ3v) is 7.23. The van der Waals surface area contributed by atoms with Crippen molar-refractivity contribution in [3.8, 4) is 0 Å². The van der Waals surface area contributed by atoms with Gasteiger partial charge in [0.1, 0.15) is 10.3 Å². The first kappa shape index (κ1) is 20.0. The van der Waals surface area contributed by atoms with Gasteiger partial charge in [-0.05, 0) is 68.7 Å². The lowest BCUT2D eigenvalue weighted by Gasteiger charge is -2.12. The molecule has 1 aromatic carbocycles. The number of hydrogen-bond acceptors (Lipinski definition) is 5. The van der Waals surface area contributed by atoms with Gasteiger partial charge in [0.15, 0.2) is 0 Å². The fourth-order valence-electron chi connectivity index (χ4n) is 3.57. The molecule has 3 aromatic heterocycles. The van der Waals surface area contributed by atoms with Crippen LogP contribution in [0.25, 0.3) is 16.7 Å². The predicted molar refractivity (Wildman–Crippen MR) is 115 cm³/mol. The number of nitrogens with zero attached hydrogens (tertiary/aromatic N) is 3. The smallest absolute Gasteiger partial charge is 0.278 e. The summed E-state index contributed by atoms with van der Waals surface area (Å²) in [6, 6.07) is 9.93. The Morgan fingerprint density at radius 3 is 2.47 bits per heavy atom. The topological polar surface area (TPSA) is 98.4 Å². The highest BCUT2D eigenvalue weighted by Gasteiger charge is 2.29. The van der Waals surface area contributed by atoms with Crippen LogP contribution in [0.5, 0.6) is 0 Å². The van der Waals surface area contributed by atoms with Crippen LogP contribution in [0.1, 0.15) is 23.6 Å². The molecule has 0 aliphatic rings. The quantitative estimate of drug-likeness (QED) is 0.403. The van der Waals surface area contributed by atoms with E-state index in [2.05, 4.69) is 4.98 Å². The minimum atomic E-state index is -3.93. The van der Waals surface area contributed by atoms with Gasteiger partial charge in [0, 0.05) is 6.20 Å². The van der Waals surface area contributed by atoms with Gasteiger partial charge < -0.3 is 5.73 Å². The molecular weight excluding hydrogens is 400 g/mol. The molecule has 0 fully saturated rings. The summed E-state index contributed by atoms with van der Waals surface area (Å²) in [4.78, 5) is 17.8. The summed E-state index contributed by atoms with van der Waals surface area (Å²) in [6.45, 7) is 7.85. The molecule has 0 atom stereocenters. The molecule has 4 aromatic rings. The van der Waals surface area contributed by atoms with Crippen LogP contribution < -0.4 is 15.9 Å². The maximum atomic E-state index is 13.4. The molecule has 2 N–H and O–H groups in total. The molecule has 0 spiro atoms. The summed E-state index contributed by atoms with van der Waals surface area (Å²) in [6.07, 6.45) is 1.69. The van der Waals surface area contributed by atoms with Crippen molar-refractivity contribution in [1.29, 1.82) is 0 Å². The van der Waals surface area contributed by atoms with Gasteiger partial charge in [-0.2, -0.15) is 0 Å². The summed E-state index contributed by atoms with van der Waals surface area (Å²) in [5, 5.41) is 0.205. The van der Waals surface area contributed by atoms with E-state index in [1.54, 1.807) is 35.0 Å². The first-order chi connectivity index (χ1) is 14.1. The number of pyridine rings is 2. The highest BCUT2D eigenvalue weighted by Crippen LogP contribution is 2.27. The molecule has 0 aliphatic carbocycles. The van der Waals surface area contributed by atoms with Gasteiger partial charge in [0.05, 0.1) is 11.4 Å². The fraction of sp³-hybridized carbons (Fsp3) is 0.227. The van der Waals surface area contributed by atoms with Gasteiger partial charge >= 0.3 is 0 Å². The normalized spacial score (nSPS) is 12.0. The summed E-state index contributed by atoms with van der Waals surface area (Å²) < 4.78 is 29.9. The van der Waals surface area contributed by atoms with Gasteiger partial charge in [-0.3, -0.25) is 9.20 Å². The molecule has 0 aliphatic heterocycles. The summed E-state index contributed by atoms with van der Waals surface area (Å²) in [5.74, 6) is 0.0617. The second-order valence-electron chi connectivity index (χ2n) is 7.48. The lowest BCUT2D eigenvalue weighted by atomic mass is 10.1. The Hall–Kier alpha value is -3.26. The number of aromatic nitrogens is 3. The molecule has 4 rings (SSSR count). The molecule has 0 saturated carbocycles. The van der Waals surface area contributed by atoms with Gasteiger partial charge in [-0.25, -0.2) is 13.0 Å². The summed E-state index contributed by atoms with van der Waals surface area (Å²) >= 11 is 0. The van der Waals surface area contributed by atoms with Crippen LogP contribution in [0.2, 0.25) is 0 Å². The van der Waals surface area contributed by atoms with Crippen molar-refractivity contribution in [3.63, 3.8) is 0 Å². The number of rotatable bonds is 3. The minimum absolute atomic E-state index is 0.0617. The van der Waals surface area contributed by atoms with E-state index in [9.17, 15) is 13.2 Å². The highest BCUT2D eigenvalue weighted by atomic mass is 32.2. The molecule has 0 amide bonds. The average molecular weight is 424 g/mol. The maximum absolute atomic E-state index is 13.4. The zero-order valence-electron chi connectivity index (χ0n) is 17.3. The SMILES string of the molecule is CC[n+]1c(N)c(S(=O)(=O)c2ccc(C)c(C)c2)cc2c(=O)n3cc(C)ccc3nc21. The largest absolute Gasteiger partial charge is 0.317 e. The zero-order valence-corrected chi connectivity index (χ0v) is 18.1. The standard InChI is InChI=1S/C22H22N4O3S/c1-5-25-20(23)18(30(28,29)16-8-7-14(3)15(4)10-16)11-17-21(25)24-19-9-6-13(2)12-26(19)22(17)27/h6-12,23H,5H2,1-4H3/p+1. The van der Waals surface area contributed by atoms with Crippen LogP contribution in [0, 0.1) is 20.8 Å². The number of benzene rings is 1. The molecule has 7 nitrogen and oxygen atoms in total. The molecular formula is C22H23N4O3S+. The van der Waals surface area contributed by atoms with Gasteiger partial charge in [-0.1, -0.05) is 17.1 Å². The van der Waals surface area contributed by atoms with Crippen LogP contribution in [0.4, 0.5) is 5.82 Å². The number of nitrogens with two attached hydrogens (primary N) is 1. The predicted octanol–water partition coefficient (Wildman–Crippen LogP) is 2.50. The van der Waals surface area contributed by atoms with Crippen molar-refractivity contribution >= 4 is 32.3 Å². The lowest BCUT2D eigenvalue weighted by Crippen LogP contribution is -2.40. The van der Waals surface area contributed by atoms with E-state index < -0.39 is 9.84 Å². The highest BCUT2D eigenvalue weighted by molar-refractivity contribution is 7.91. The van der Waals surface area contributed by atoms with Crippen molar-refractivity contribution in [2.24, 2.45) is 0 Å². The average Bonchev–Trinajstić information content (AvgIpc) is 2.70. The van der Waals surface area contributed by atoms with Crippen molar-refractivity contribution in [2.75, 3.05) is 5.73 Å². The number of sulfone groups is 1. The van der Waals surface area contributed by atoms with E-state index in [0.717, 1.165) is 16.7 Å². The van der Waals surface area contributed by atoms with Crippen LogP contribution >= 0.6 is 0 Å². The van der Waals surface area contributed by atoms with Crippen molar-refractivity contribution in [3.05, 3.63) is 69.6 Å². The van der Waals surface area contributed by atoms with Crippen LogP contribution in [0.3, 0.4) is 0 Å². The van der Waals surface area contributed by atoms with E-state index in [1.165, 1.54) is 10.5 Å². The number of nitrogen functional groups attached to an aromatic ring is 1. The zero-order chi connectivity index (χ0) is 21.8. The molecule has 0 radical (unpaired) electrons. The number of hydrogen-bond donors (Lipinski definition) is 1. The summed E-state index contributed by atoms with van der Waals surface area (Å²) in [5.41, 5.74) is 9.56. The molecule has 0 saturated heterocycles. The monoisotopic (exact) mass is 423 g/mol. The van der Waals surface area contributed by atoms with Crippen LogP contribution in [-0.2, 0) is 16.4 Å². The Kier molecular flexibility index (Phi) is 4.62. The number of fused-ring (bicyclic) bond motifs is 2. The number of anilines is 1.